The zero-order valence-corrected chi connectivity index (χ0v) is 18.1. The Morgan fingerprint density at radius 1 is 0.853 bits per heavy atom. The number of nitro groups is 1. The van der Waals surface area contributed by atoms with Crippen LogP contribution in [-0.4, -0.2) is 16.7 Å². The molecule has 0 unspecified atom stereocenters. The number of fused-ring (bicyclic) bond motifs is 1. The minimum absolute atomic E-state index is 0.216. The number of nitrogens with zero attached hydrogens (tertiary/aromatic N) is 2. The minimum atomic E-state index is -0.529. The number of nitrogens with one attached hydrogen (secondary N) is 1. The van der Waals surface area contributed by atoms with Gasteiger partial charge in [0.15, 0.2) is 0 Å². The van der Waals surface area contributed by atoms with Gasteiger partial charge in [0.2, 0.25) is 11.8 Å². The smallest absolute Gasteiger partial charge is 0.294 e. The average Bonchev–Trinajstić information content (AvgIpc) is 3.11. The van der Waals surface area contributed by atoms with Gasteiger partial charge in [-0.3, -0.25) is 19.7 Å². The van der Waals surface area contributed by atoms with E-state index in [1.807, 2.05) is 42.5 Å². The van der Waals surface area contributed by atoms with Crippen LogP contribution in [0.2, 0.25) is 0 Å². The maximum absolute atomic E-state index is 12.8. The standard InChI is InChI=1S/C26H21N3O5/c30-25-21-8-4-5-9-22(21)26(31)28(25)18-12-15-23(24(16-18)29(32)33)27-17-10-13-20(14-11-17)34-19-6-2-1-3-7-19/h1-7,10-16,21-22,27H,8-9H2/t21-,22-/m1/s1. The van der Waals surface area contributed by atoms with E-state index in [0.29, 0.717) is 30.0 Å². The highest BCUT2D eigenvalue weighted by molar-refractivity contribution is 6.22. The first-order valence-electron chi connectivity index (χ1n) is 10.9. The summed E-state index contributed by atoms with van der Waals surface area (Å²) in [5, 5.41) is 14.8. The average molecular weight is 455 g/mol. The number of nitro benzene ring substituents is 1. The topological polar surface area (TPSA) is 102 Å². The third-order valence-corrected chi connectivity index (χ3v) is 6.06. The van der Waals surface area contributed by atoms with Crippen molar-refractivity contribution >= 4 is 34.6 Å². The van der Waals surface area contributed by atoms with Crippen LogP contribution in [0.15, 0.2) is 84.9 Å². The summed E-state index contributed by atoms with van der Waals surface area (Å²) in [5.41, 5.74) is 0.870. The van der Waals surface area contributed by atoms with Crippen LogP contribution in [0.4, 0.5) is 22.7 Å². The van der Waals surface area contributed by atoms with E-state index in [1.54, 1.807) is 30.3 Å². The van der Waals surface area contributed by atoms with Crippen molar-refractivity contribution in [3.05, 3.63) is 95.1 Å². The van der Waals surface area contributed by atoms with Gasteiger partial charge in [-0.2, -0.15) is 0 Å². The van der Waals surface area contributed by atoms with E-state index in [9.17, 15) is 19.7 Å². The lowest BCUT2D eigenvalue weighted by atomic mass is 9.85. The second kappa shape index (κ2) is 8.82. The van der Waals surface area contributed by atoms with Crippen LogP contribution in [0, 0.1) is 22.0 Å². The number of carbonyl (C=O) groups is 2. The van der Waals surface area contributed by atoms with Crippen molar-refractivity contribution in [2.24, 2.45) is 11.8 Å². The molecule has 0 aromatic heterocycles. The SMILES string of the molecule is O=C1[C@@H]2CC=CC[C@H]2C(=O)N1c1ccc(Nc2ccc(Oc3ccccc3)cc2)c([N+](=O)[O-])c1. The Bertz CT molecular complexity index is 1260. The number of carbonyl (C=O) groups excluding carboxylic acids is 2. The lowest BCUT2D eigenvalue weighted by molar-refractivity contribution is -0.383. The molecule has 0 saturated carbocycles. The summed E-state index contributed by atoms with van der Waals surface area (Å²) >= 11 is 0. The van der Waals surface area contributed by atoms with Gasteiger partial charge >= 0.3 is 0 Å². The van der Waals surface area contributed by atoms with Crippen molar-refractivity contribution in [1.82, 2.24) is 0 Å². The number of allylic oxidation sites excluding steroid dienone is 2. The first kappa shape index (κ1) is 21.4. The molecular formula is C26H21N3O5. The van der Waals surface area contributed by atoms with E-state index in [-0.39, 0.29) is 28.9 Å². The van der Waals surface area contributed by atoms with E-state index in [4.69, 9.17) is 4.74 Å². The lowest BCUT2D eigenvalue weighted by Gasteiger charge is -2.16. The zero-order chi connectivity index (χ0) is 23.7. The summed E-state index contributed by atoms with van der Waals surface area (Å²) in [6.45, 7) is 0. The largest absolute Gasteiger partial charge is 0.457 e. The molecule has 1 aliphatic heterocycles. The summed E-state index contributed by atoms with van der Waals surface area (Å²) in [6, 6.07) is 20.7. The normalized spacial score (nSPS) is 19.1. The van der Waals surface area contributed by atoms with Gasteiger partial charge in [0.1, 0.15) is 17.2 Å². The van der Waals surface area contributed by atoms with Gasteiger partial charge in [0.05, 0.1) is 22.4 Å². The van der Waals surface area contributed by atoms with Gasteiger partial charge < -0.3 is 10.1 Å². The molecule has 0 radical (unpaired) electrons. The monoisotopic (exact) mass is 455 g/mol. The van der Waals surface area contributed by atoms with Crippen LogP contribution < -0.4 is 15.0 Å². The van der Waals surface area contributed by atoms with Crippen molar-refractivity contribution < 1.29 is 19.2 Å². The van der Waals surface area contributed by atoms with Gasteiger partial charge in [0, 0.05) is 11.8 Å². The zero-order valence-electron chi connectivity index (χ0n) is 18.1. The van der Waals surface area contributed by atoms with Crippen LogP contribution >= 0.6 is 0 Å². The summed E-state index contributed by atoms with van der Waals surface area (Å²) in [4.78, 5) is 38.0. The van der Waals surface area contributed by atoms with Crippen molar-refractivity contribution in [3.8, 4) is 11.5 Å². The molecule has 3 aromatic carbocycles. The number of hydrogen-bond acceptors (Lipinski definition) is 6. The van der Waals surface area contributed by atoms with E-state index in [2.05, 4.69) is 5.32 Å². The Morgan fingerprint density at radius 2 is 1.47 bits per heavy atom. The molecule has 1 heterocycles. The fraction of sp³-hybridized carbons (Fsp3) is 0.154. The minimum Gasteiger partial charge on any atom is -0.457 e. The number of imide groups is 1. The van der Waals surface area contributed by atoms with Crippen LogP contribution in [0.5, 0.6) is 11.5 Å². The number of rotatable bonds is 6. The van der Waals surface area contributed by atoms with Gasteiger partial charge in [-0.05, 0) is 61.4 Å². The fourth-order valence-corrected chi connectivity index (χ4v) is 4.36. The van der Waals surface area contributed by atoms with Crippen molar-refractivity contribution in [3.63, 3.8) is 0 Å². The van der Waals surface area contributed by atoms with Gasteiger partial charge in [0.25, 0.3) is 5.69 Å². The third-order valence-electron chi connectivity index (χ3n) is 6.06. The molecule has 0 spiro atoms. The number of ether oxygens (including phenoxy) is 1. The van der Waals surface area contributed by atoms with E-state index in [0.717, 1.165) is 4.90 Å². The molecule has 3 aromatic rings. The first-order valence-corrected chi connectivity index (χ1v) is 10.9. The van der Waals surface area contributed by atoms with E-state index in [1.165, 1.54) is 12.1 Å². The maximum atomic E-state index is 12.8. The van der Waals surface area contributed by atoms with Crippen LogP contribution in [-0.2, 0) is 9.59 Å². The van der Waals surface area contributed by atoms with Crippen molar-refractivity contribution in [2.75, 3.05) is 10.2 Å². The van der Waals surface area contributed by atoms with Crippen LogP contribution in [0.1, 0.15) is 12.8 Å². The van der Waals surface area contributed by atoms with Crippen molar-refractivity contribution in [2.45, 2.75) is 12.8 Å². The summed E-state index contributed by atoms with van der Waals surface area (Å²) < 4.78 is 5.77. The number of benzene rings is 3. The molecule has 8 heteroatoms. The number of para-hydroxylation sites is 1. The molecule has 170 valence electrons. The Kier molecular flexibility index (Phi) is 5.55. The lowest BCUT2D eigenvalue weighted by Crippen LogP contribution is -2.30. The quantitative estimate of drug-likeness (QED) is 0.225. The third kappa shape index (κ3) is 4.01. The number of amides is 2. The van der Waals surface area contributed by atoms with Crippen LogP contribution in [0.25, 0.3) is 0 Å². The summed E-state index contributed by atoms with van der Waals surface area (Å²) in [5.74, 6) is -0.0663. The molecule has 1 fully saturated rings. The summed E-state index contributed by atoms with van der Waals surface area (Å²) in [6.07, 6.45) is 4.83. The first-order chi connectivity index (χ1) is 16.5. The highest BCUT2D eigenvalue weighted by Crippen LogP contribution is 2.40. The predicted octanol–water partition coefficient (Wildman–Crippen LogP) is 5.59. The molecule has 34 heavy (non-hydrogen) atoms. The highest BCUT2D eigenvalue weighted by Gasteiger charge is 2.48. The molecule has 1 aliphatic carbocycles. The van der Waals surface area contributed by atoms with Gasteiger partial charge in [-0.25, -0.2) is 4.90 Å². The molecule has 1 N–H and O–H groups in total. The number of hydrogen-bond donors (Lipinski definition) is 1. The Balaban J connectivity index is 1.36. The molecule has 8 nitrogen and oxygen atoms in total. The second-order valence-electron chi connectivity index (χ2n) is 8.19. The number of anilines is 3. The summed E-state index contributed by atoms with van der Waals surface area (Å²) in [7, 11) is 0. The van der Waals surface area contributed by atoms with Crippen molar-refractivity contribution in [1.29, 1.82) is 0 Å². The van der Waals surface area contributed by atoms with Crippen LogP contribution in [0.3, 0.4) is 0 Å². The molecule has 1 saturated heterocycles. The van der Waals surface area contributed by atoms with E-state index < -0.39 is 16.8 Å². The molecule has 0 bridgehead atoms. The molecule has 2 atom stereocenters. The highest BCUT2D eigenvalue weighted by atomic mass is 16.6. The Morgan fingerprint density at radius 3 is 2.09 bits per heavy atom. The van der Waals surface area contributed by atoms with Gasteiger partial charge in [-0.15, -0.1) is 0 Å². The fourth-order valence-electron chi connectivity index (χ4n) is 4.36. The molecule has 2 aliphatic rings. The maximum Gasteiger partial charge on any atom is 0.294 e. The van der Waals surface area contributed by atoms with Gasteiger partial charge in [-0.1, -0.05) is 30.4 Å². The predicted molar refractivity (Wildman–Crippen MR) is 127 cm³/mol. The second-order valence-corrected chi connectivity index (χ2v) is 8.19. The Labute approximate surface area is 195 Å². The molecule has 2 amide bonds. The molecular weight excluding hydrogens is 434 g/mol. The molecule has 5 rings (SSSR count). The van der Waals surface area contributed by atoms with E-state index >= 15 is 0 Å². The Hall–Kier alpha value is -4.46.